The van der Waals surface area contributed by atoms with Gasteiger partial charge >= 0.3 is 5.97 Å². The number of rotatable bonds is 3. The maximum Gasteiger partial charge on any atom is 0.357 e. The maximum absolute atomic E-state index is 14.2. The number of anilines is 1. The average Bonchev–Trinajstić information content (AvgIpc) is 2.82. The number of hydrogen-bond acceptors (Lipinski definition) is 5. The number of ether oxygens (including phenoxy) is 1. The molecule has 0 amide bonds. The van der Waals surface area contributed by atoms with E-state index in [-0.39, 0.29) is 28.2 Å². The summed E-state index contributed by atoms with van der Waals surface area (Å²) in [5.41, 5.74) is 5.31. The third-order valence-electron chi connectivity index (χ3n) is 3.15. The highest BCUT2D eigenvalue weighted by Gasteiger charge is 2.25. The highest BCUT2D eigenvalue weighted by molar-refractivity contribution is 6.00. The smallest absolute Gasteiger partial charge is 0.357 e. The molecule has 6 nitrogen and oxygen atoms in total. The number of methoxy groups -OCH3 is 1. The molecule has 0 radical (unpaired) electrons. The van der Waals surface area contributed by atoms with E-state index in [2.05, 4.69) is 4.74 Å². The van der Waals surface area contributed by atoms with Gasteiger partial charge in [-0.05, 0) is 19.1 Å². The van der Waals surface area contributed by atoms with E-state index < -0.39 is 17.6 Å². The number of carbonyl (C=O) groups is 2. The molecule has 0 bridgehead atoms. The fraction of sp³-hybridized carbons (Fsp3) is 0.133. The molecule has 0 atom stereocenters. The Balaban J connectivity index is 2.88. The topological polar surface area (TPSA) is 98.1 Å². The van der Waals surface area contributed by atoms with Crippen molar-refractivity contribution in [2.45, 2.75) is 6.92 Å². The minimum atomic E-state index is -0.836. The summed E-state index contributed by atoms with van der Waals surface area (Å²) in [5, 5.41) is 9.05. The molecule has 0 aliphatic carbocycles. The Morgan fingerprint density at radius 2 is 2.09 bits per heavy atom. The van der Waals surface area contributed by atoms with Crippen molar-refractivity contribution in [2.75, 3.05) is 12.8 Å². The van der Waals surface area contributed by atoms with Crippen molar-refractivity contribution in [2.24, 2.45) is 0 Å². The van der Waals surface area contributed by atoms with Gasteiger partial charge in [-0.1, -0.05) is 6.07 Å². The van der Waals surface area contributed by atoms with Crippen molar-refractivity contribution >= 4 is 17.4 Å². The number of nitrogens with zero attached hydrogens (tertiary/aromatic N) is 2. The lowest BCUT2D eigenvalue weighted by Gasteiger charge is -2.12. The molecule has 2 aromatic rings. The van der Waals surface area contributed by atoms with Gasteiger partial charge in [0.15, 0.2) is 11.5 Å². The summed E-state index contributed by atoms with van der Waals surface area (Å²) in [4.78, 5) is 23.6. The highest BCUT2D eigenvalue weighted by atomic mass is 19.1. The van der Waals surface area contributed by atoms with Gasteiger partial charge in [-0.2, -0.15) is 5.26 Å². The van der Waals surface area contributed by atoms with Crippen LogP contribution in [-0.2, 0) is 4.74 Å². The van der Waals surface area contributed by atoms with Crippen LogP contribution in [0.2, 0.25) is 0 Å². The second-order valence-electron chi connectivity index (χ2n) is 4.47. The fourth-order valence-corrected chi connectivity index (χ4v) is 2.14. The summed E-state index contributed by atoms with van der Waals surface area (Å²) < 4.78 is 19.9. The first kappa shape index (κ1) is 15.3. The monoisotopic (exact) mass is 301 g/mol. The van der Waals surface area contributed by atoms with Gasteiger partial charge in [-0.3, -0.25) is 4.79 Å². The van der Waals surface area contributed by atoms with Gasteiger partial charge in [0.1, 0.15) is 11.9 Å². The molecule has 2 rings (SSSR count). The van der Waals surface area contributed by atoms with Gasteiger partial charge in [-0.15, -0.1) is 0 Å². The number of hydrogen-bond donors (Lipinski definition) is 1. The molecule has 0 aliphatic heterocycles. The van der Waals surface area contributed by atoms with Crippen LogP contribution < -0.4 is 5.73 Å². The summed E-state index contributed by atoms with van der Waals surface area (Å²) in [6.45, 7) is 1.27. The summed E-state index contributed by atoms with van der Waals surface area (Å²) >= 11 is 0. The van der Waals surface area contributed by atoms with Gasteiger partial charge in [0.05, 0.1) is 24.0 Å². The molecule has 1 aromatic heterocycles. The Morgan fingerprint density at radius 1 is 1.41 bits per heavy atom. The van der Waals surface area contributed by atoms with Crippen molar-refractivity contribution < 1.29 is 18.7 Å². The standard InChI is InChI=1S/C15H12FN3O3/c1-8(20)10-4-3-5-11(16)13(10)19-7-9(6-17)12(18)14(19)15(21)22-2/h3-5,7H,18H2,1-2H3. The summed E-state index contributed by atoms with van der Waals surface area (Å²) in [6, 6.07) is 5.76. The molecule has 1 heterocycles. The van der Waals surface area contributed by atoms with Crippen molar-refractivity contribution in [1.29, 1.82) is 5.26 Å². The van der Waals surface area contributed by atoms with Gasteiger partial charge in [-0.25, -0.2) is 9.18 Å². The van der Waals surface area contributed by atoms with E-state index >= 15 is 0 Å². The third-order valence-corrected chi connectivity index (χ3v) is 3.15. The molecule has 0 aliphatic rings. The number of nitrogens with two attached hydrogens (primary N) is 1. The lowest BCUT2D eigenvalue weighted by molar-refractivity contribution is 0.0592. The number of nitriles is 1. The number of ketones is 1. The SMILES string of the molecule is COC(=O)c1c(N)c(C#N)cn1-c1c(F)cccc1C(C)=O. The summed E-state index contributed by atoms with van der Waals surface area (Å²) in [5.74, 6) is -1.95. The van der Waals surface area contributed by atoms with Crippen LogP contribution in [0.5, 0.6) is 0 Å². The normalized spacial score (nSPS) is 10.1. The predicted octanol–water partition coefficient (Wildman–Crippen LogP) is 2.06. The Hall–Kier alpha value is -3.14. The molecule has 2 N–H and O–H groups in total. The molecule has 22 heavy (non-hydrogen) atoms. The van der Waals surface area contributed by atoms with Gasteiger partial charge in [0.25, 0.3) is 0 Å². The van der Waals surface area contributed by atoms with Crippen LogP contribution in [0.15, 0.2) is 24.4 Å². The van der Waals surface area contributed by atoms with Crippen molar-refractivity contribution in [1.82, 2.24) is 4.57 Å². The predicted molar refractivity (Wildman–Crippen MR) is 76.2 cm³/mol. The van der Waals surface area contributed by atoms with Crippen LogP contribution in [0.1, 0.15) is 33.3 Å². The Bertz CT molecular complexity index is 818. The number of carbonyl (C=O) groups excluding carboxylic acids is 2. The number of halogens is 1. The van der Waals surface area contributed by atoms with Crippen LogP contribution >= 0.6 is 0 Å². The molecular formula is C15H12FN3O3. The molecule has 7 heteroatoms. The lowest BCUT2D eigenvalue weighted by atomic mass is 10.1. The van der Waals surface area contributed by atoms with E-state index in [0.29, 0.717) is 0 Å². The van der Waals surface area contributed by atoms with E-state index in [9.17, 15) is 14.0 Å². The van der Waals surface area contributed by atoms with E-state index in [1.165, 1.54) is 25.3 Å². The highest BCUT2D eigenvalue weighted by Crippen LogP contribution is 2.28. The first-order chi connectivity index (χ1) is 10.4. The van der Waals surface area contributed by atoms with Crippen LogP contribution in [0, 0.1) is 17.1 Å². The second kappa shape index (κ2) is 5.69. The minimum Gasteiger partial charge on any atom is -0.464 e. The number of benzene rings is 1. The zero-order chi connectivity index (χ0) is 16.4. The van der Waals surface area contributed by atoms with E-state index in [0.717, 1.165) is 17.7 Å². The number of esters is 1. The van der Waals surface area contributed by atoms with Crippen LogP contribution in [0.3, 0.4) is 0 Å². The van der Waals surface area contributed by atoms with E-state index in [1.807, 2.05) is 6.07 Å². The number of nitrogen functional groups attached to an aromatic ring is 1. The van der Waals surface area contributed by atoms with Crippen molar-refractivity contribution in [3.8, 4) is 11.8 Å². The van der Waals surface area contributed by atoms with E-state index in [4.69, 9.17) is 11.0 Å². The average molecular weight is 301 g/mol. The quantitative estimate of drug-likeness (QED) is 0.691. The number of Topliss-reactive ketones (excluding diaryl/α,β-unsaturated/α-hetero) is 1. The fourth-order valence-electron chi connectivity index (χ4n) is 2.14. The van der Waals surface area contributed by atoms with Crippen LogP contribution in [0.4, 0.5) is 10.1 Å². The molecular weight excluding hydrogens is 289 g/mol. The lowest BCUT2D eigenvalue weighted by Crippen LogP contribution is -2.14. The maximum atomic E-state index is 14.2. The summed E-state index contributed by atoms with van der Waals surface area (Å²) in [7, 11) is 1.14. The largest absolute Gasteiger partial charge is 0.464 e. The Kier molecular flexibility index (Phi) is 3.95. The van der Waals surface area contributed by atoms with Crippen LogP contribution in [0.25, 0.3) is 5.69 Å². The Morgan fingerprint density at radius 3 is 2.64 bits per heavy atom. The zero-order valence-corrected chi connectivity index (χ0v) is 11.9. The summed E-state index contributed by atoms with van der Waals surface area (Å²) in [6.07, 6.45) is 1.20. The Labute approximate surface area is 125 Å². The third kappa shape index (κ3) is 2.31. The molecule has 0 saturated carbocycles. The van der Waals surface area contributed by atoms with Gasteiger partial charge < -0.3 is 15.0 Å². The van der Waals surface area contributed by atoms with Gasteiger partial charge in [0.2, 0.25) is 0 Å². The second-order valence-corrected chi connectivity index (χ2v) is 4.47. The molecule has 0 fully saturated rings. The zero-order valence-electron chi connectivity index (χ0n) is 11.9. The molecule has 0 saturated heterocycles. The number of aromatic nitrogens is 1. The first-order valence-electron chi connectivity index (χ1n) is 6.21. The van der Waals surface area contributed by atoms with Crippen molar-refractivity contribution in [3.05, 3.63) is 47.0 Å². The molecule has 0 spiro atoms. The molecule has 0 unspecified atom stereocenters. The van der Waals surface area contributed by atoms with Crippen LogP contribution in [-0.4, -0.2) is 23.4 Å². The molecule has 1 aromatic carbocycles. The van der Waals surface area contributed by atoms with Crippen molar-refractivity contribution in [3.63, 3.8) is 0 Å². The van der Waals surface area contributed by atoms with E-state index in [1.54, 1.807) is 0 Å². The number of para-hydroxylation sites is 1. The van der Waals surface area contributed by atoms with Gasteiger partial charge in [0, 0.05) is 11.8 Å². The minimum absolute atomic E-state index is 0.0156. The molecule has 112 valence electrons. The first-order valence-corrected chi connectivity index (χ1v) is 6.21.